The fourth-order valence-corrected chi connectivity index (χ4v) is 6.03. The average Bonchev–Trinajstić information content (AvgIpc) is 3.34. The van der Waals surface area contributed by atoms with Crippen LogP contribution in [0.2, 0.25) is 5.15 Å². The number of rotatable bonds is 14. The van der Waals surface area contributed by atoms with Gasteiger partial charge in [0, 0.05) is 24.0 Å². The van der Waals surface area contributed by atoms with E-state index >= 15 is 0 Å². The van der Waals surface area contributed by atoms with Crippen molar-refractivity contribution in [2.24, 2.45) is 11.3 Å². The summed E-state index contributed by atoms with van der Waals surface area (Å²) >= 11 is 6.49. The van der Waals surface area contributed by atoms with Gasteiger partial charge < -0.3 is 40.1 Å². The number of likely N-dealkylation sites (tertiary alicyclic amines) is 1. The molecule has 260 valence electrons. The van der Waals surface area contributed by atoms with Crippen LogP contribution in [0.4, 0.5) is 4.39 Å². The number of hydrogen-bond acceptors (Lipinski definition) is 10. The molecule has 6 N–H and O–H groups in total. The number of imidazole rings is 1. The molecule has 2 aliphatic rings. The number of amides is 1. The maximum atomic E-state index is 13.4. The number of aliphatic hydroxyl groups is 2. The summed E-state index contributed by atoms with van der Waals surface area (Å²) in [7, 11) is 2.12. The Morgan fingerprint density at radius 1 is 1.06 bits per heavy atom. The number of unbranched alkanes of at least 4 members (excludes halogenated alkanes) is 2. The summed E-state index contributed by atoms with van der Waals surface area (Å²) in [5, 5.41) is 39.8. The Labute approximate surface area is 280 Å². The number of nitrogens with zero attached hydrogens (tertiary/aromatic N) is 3. The second-order valence-electron chi connectivity index (χ2n) is 12.2. The van der Waals surface area contributed by atoms with E-state index in [4.69, 9.17) is 41.5 Å². The van der Waals surface area contributed by atoms with E-state index in [1.807, 2.05) is 0 Å². The summed E-state index contributed by atoms with van der Waals surface area (Å²) in [5.41, 5.74) is 1.70. The van der Waals surface area contributed by atoms with Crippen molar-refractivity contribution in [3.05, 3.63) is 59.1 Å². The van der Waals surface area contributed by atoms with Gasteiger partial charge in [-0.05, 0) is 81.9 Å². The number of H-pyrrole nitrogens is 1. The number of benzene rings is 1. The van der Waals surface area contributed by atoms with Crippen molar-refractivity contribution in [3.63, 3.8) is 0 Å². The summed E-state index contributed by atoms with van der Waals surface area (Å²) in [4.78, 5) is 55.2. The molecule has 1 aromatic carbocycles. The zero-order valence-electron chi connectivity index (χ0n) is 26.3. The number of piperidine rings is 1. The van der Waals surface area contributed by atoms with E-state index < -0.39 is 24.1 Å². The van der Waals surface area contributed by atoms with Crippen LogP contribution in [0.3, 0.4) is 0 Å². The van der Waals surface area contributed by atoms with Gasteiger partial charge in [0.1, 0.15) is 34.4 Å². The van der Waals surface area contributed by atoms with Gasteiger partial charge in [-0.25, -0.2) is 19.0 Å². The molecular weight excluding hydrogens is 653 g/mol. The lowest BCUT2D eigenvalue weighted by molar-refractivity contribution is -0.165. The van der Waals surface area contributed by atoms with E-state index in [0.717, 1.165) is 45.2 Å². The quantitative estimate of drug-likeness (QED) is 0.106. The van der Waals surface area contributed by atoms with E-state index in [2.05, 4.69) is 27.4 Å². The largest absolute Gasteiger partial charge is 0.479 e. The van der Waals surface area contributed by atoms with Crippen LogP contribution in [0.1, 0.15) is 73.7 Å². The third-order valence-corrected chi connectivity index (χ3v) is 9.13. The number of aromatic nitrogens is 3. The molecule has 2 aromatic heterocycles. The average molecular weight is 692 g/mol. The maximum Gasteiger partial charge on any atom is 0.335 e. The zero-order chi connectivity index (χ0) is 35.0. The summed E-state index contributed by atoms with van der Waals surface area (Å²) in [5.74, 6) is -3.23. The monoisotopic (exact) mass is 691 g/mol. The number of hydrogen-bond donors (Lipinski definition) is 6. The number of carboxylic acids is 2. The Bertz CT molecular complexity index is 1540. The van der Waals surface area contributed by atoms with Crippen LogP contribution >= 0.6 is 11.6 Å². The van der Waals surface area contributed by atoms with E-state index in [-0.39, 0.29) is 34.9 Å². The van der Waals surface area contributed by atoms with E-state index in [0.29, 0.717) is 47.2 Å². The second kappa shape index (κ2) is 16.3. The minimum Gasteiger partial charge on any atom is -0.479 e. The molecule has 1 amide bonds. The number of aliphatic hydroxyl groups excluding tert-OH is 2. The highest BCUT2D eigenvalue weighted by Crippen LogP contribution is 2.59. The lowest BCUT2D eigenvalue weighted by Crippen LogP contribution is -2.39. The van der Waals surface area contributed by atoms with Gasteiger partial charge >= 0.3 is 11.9 Å². The van der Waals surface area contributed by atoms with Crippen LogP contribution in [-0.2, 0) is 14.4 Å². The molecule has 16 heteroatoms. The molecule has 1 saturated carbocycles. The van der Waals surface area contributed by atoms with E-state index in [9.17, 15) is 23.6 Å². The highest BCUT2D eigenvalue weighted by Gasteiger charge is 2.58. The second-order valence-corrected chi connectivity index (χ2v) is 12.6. The minimum atomic E-state index is -2.27. The molecule has 1 saturated heterocycles. The summed E-state index contributed by atoms with van der Waals surface area (Å²) < 4.78 is 18.2. The highest BCUT2D eigenvalue weighted by atomic mass is 35.5. The Morgan fingerprint density at radius 3 is 2.29 bits per heavy atom. The van der Waals surface area contributed by atoms with Crippen molar-refractivity contribution in [1.29, 1.82) is 0 Å². The first-order valence-corrected chi connectivity index (χ1v) is 15.9. The Balaban J connectivity index is 0.000000453. The van der Waals surface area contributed by atoms with E-state index in [1.165, 1.54) is 18.4 Å². The molecule has 5 rings (SSSR count). The normalized spacial score (nSPS) is 18.6. The van der Waals surface area contributed by atoms with Gasteiger partial charge in [-0.15, -0.1) is 0 Å². The lowest BCUT2D eigenvalue weighted by atomic mass is 9.91. The van der Waals surface area contributed by atoms with Crippen molar-refractivity contribution >= 4 is 35.2 Å². The Hall–Kier alpha value is -4.18. The van der Waals surface area contributed by atoms with Crippen LogP contribution in [-0.4, -0.2) is 96.4 Å². The number of carboxylic acid groups (broad SMARTS) is 2. The Morgan fingerprint density at radius 2 is 1.71 bits per heavy atom. The zero-order valence-corrected chi connectivity index (χ0v) is 27.0. The van der Waals surface area contributed by atoms with Crippen molar-refractivity contribution < 1.29 is 48.5 Å². The number of Topliss-reactive ketones (excluding diaryl/α,β-unsaturated/α-hetero) is 1. The van der Waals surface area contributed by atoms with Crippen molar-refractivity contribution in [2.45, 2.75) is 69.6 Å². The molecule has 1 aliphatic heterocycles. The molecular formula is C32H39ClFN5O9. The number of nitrogens with one attached hydrogen (secondary N) is 2. The van der Waals surface area contributed by atoms with Gasteiger partial charge in [0.05, 0.1) is 6.04 Å². The van der Waals surface area contributed by atoms with Gasteiger partial charge in [0.25, 0.3) is 0 Å². The van der Waals surface area contributed by atoms with Crippen molar-refractivity contribution in [2.75, 3.05) is 20.1 Å². The number of carbonyl (C=O) groups is 4. The predicted molar refractivity (Wildman–Crippen MR) is 168 cm³/mol. The van der Waals surface area contributed by atoms with Gasteiger partial charge in [-0.3, -0.25) is 9.59 Å². The minimum absolute atomic E-state index is 0.0285. The van der Waals surface area contributed by atoms with Crippen LogP contribution < -0.4 is 5.32 Å². The molecule has 0 bridgehead atoms. The molecule has 3 aromatic rings. The first-order chi connectivity index (χ1) is 22.8. The smallest absolute Gasteiger partial charge is 0.335 e. The molecule has 14 nitrogen and oxygen atoms in total. The van der Waals surface area contributed by atoms with Gasteiger partial charge in [0.15, 0.2) is 18.0 Å². The Kier molecular flexibility index (Phi) is 12.4. The molecule has 48 heavy (non-hydrogen) atoms. The molecule has 3 unspecified atom stereocenters. The fraction of sp³-hybridized carbons (Fsp3) is 0.500. The van der Waals surface area contributed by atoms with Crippen LogP contribution in [0.5, 0.6) is 0 Å². The molecule has 1 aliphatic carbocycles. The van der Waals surface area contributed by atoms with Crippen LogP contribution in [0.15, 0.2) is 41.1 Å². The third kappa shape index (κ3) is 9.46. The highest BCUT2D eigenvalue weighted by molar-refractivity contribution is 6.31. The predicted octanol–water partition coefficient (Wildman–Crippen LogP) is 3.46. The van der Waals surface area contributed by atoms with Crippen LogP contribution in [0.25, 0.3) is 11.3 Å². The van der Waals surface area contributed by atoms with Crippen LogP contribution in [0, 0.1) is 17.2 Å². The fourth-order valence-electron chi connectivity index (χ4n) is 5.78. The summed E-state index contributed by atoms with van der Waals surface area (Å²) in [6.45, 7) is 2.05. The first kappa shape index (κ1) is 36.7. The molecule has 4 atom stereocenters. The molecule has 3 heterocycles. The number of carbonyl (C=O) groups excluding carboxylic acids is 2. The molecule has 0 radical (unpaired) electrons. The van der Waals surface area contributed by atoms with Crippen molar-refractivity contribution in [3.8, 4) is 11.3 Å². The van der Waals surface area contributed by atoms with Gasteiger partial charge in [-0.1, -0.05) is 29.6 Å². The van der Waals surface area contributed by atoms with Gasteiger partial charge in [0.2, 0.25) is 5.91 Å². The standard InChI is InChI=1S/C28H33ClFN5O3.C4H6O6/c1-35-14-12-28(13-15-35)17-20(28)27(37)31-22(5-3-2-4-6-23(36)21-11-16-38-34-21)26-32-24(25(29)33-26)18-7-9-19(30)10-8-18;5-1(3(7)8)2(6)4(9)10/h7-11,16,20,22H,2-6,12-15,17H2,1H3,(H,31,37)(H,32,33);1-2,5-6H,(H,7,8)(H,9,10)/t20-,22?;/m1./s1. The van der Waals surface area contributed by atoms with E-state index in [1.54, 1.807) is 18.2 Å². The number of aliphatic carboxylic acids is 2. The first-order valence-electron chi connectivity index (χ1n) is 15.6. The third-order valence-electron chi connectivity index (χ3n) is 8.86. The number of aromatic amines is 1. The topological polar surface area (TPSA) is 219 Å². The molecule has 1 spiro atoms. The summed E-state index contributed by atoms with van der Waals surface area (Å²) in [6.07, 6.45) is 3.26. The number of ketones is 1. The van der Waals surface area contributed by atoms with Crippen molar-refractivity contribution in [1.82, 2.24) is 25.3 Å². The lowest BCUT2D eigenvalue weighted by Gasteiger charge is -2.30. The maximum absolute atomic E-state index is 13.4. The molecule has 2 fully saturated rings. The number of halogens is 2. The SMILES string of the molecule is CN1CCC2(CC1)C[C@@H]2C(=O)NC(CCCCCC(=O)c1ccon1)c1nc(-c2ccc(F)cc2)c(Cl)[nH]1.O=C(O)C(O)C(O)C(=O)O. The van der Waals surface area contributed by atoms with Gasteiger partial charge in [-0.2, -0.15) is 0 Å². The summed E-state index contributed by atoms with van der Waals surface area (Å²) in [6, 6.07) is 7.23.